The number of fused-ring (bicyclic) bond motifs is 1. The molecule has 3 aromatic rings. The summed E-state index contributed by atoms with van der Waals surface area (Å²) in [5.74, 6) is -1.93. The second kappa shape index (κ2) is 8.05. The van der Waals surface area contributed by atoms with E-state index in [4.69, 9.17) is 5.73 Å². The maximum absolute atomic E-state index is 13.8. The molecular formula is C19H16F2N4OS. The fourth-order valence-electron chi connectivity index (χ4n) is 2.42. The number of rotatable bonds is 5. The summed E-state index contributed by atoms with van der Waals surface area (Å²) >= 11 is 1.38. The Kier molecular flexibility index (Phi) is 5.56. The molecule has 2 N–H and O–H groups in total. The van der Waals surface area contributed by atoms with E-state index in [0.29, 0.717) is 5.13 Å². The first kappa shape index (κ1) is 18.7. The van der Waals surface area contributed by atoms with E-state index in [1.54, 1.807) is 0 Å². The van der Waals surface area contributed by atoms with Crippen molar-refractivity contribution in [1.29, 1.82) is 0 Å². The van der Waals surface area contributed by atoms with Gasteiger partial charge in [0.05, 0.1) is 22.3 Å². The number of halogens is 2. The van der Waals surface area contributed by atoms with Gasteiger partial charge in [0.25, 0.3) is 5.91 Å². The minimum atomic E-state index is -0.712. The second-order valence-corrected chi connectivity index (χ2v) is 6.71. The summed E-state index contributed by atoms with van der Waals surface area (Å²) in [5.41, 5.74) is 6.25. The molecule has 5 nitrogen and oxygen atoms in total. The highest BCUT2D eigenvalue weighted by molar-refractivity contribution is 7.22. The number of nitrogens with two attached hydrogens (primary N) is 1. The van der Waals surface area contributed by atoms with Gasteiger partial charge in [-0.1, -0.05) is 29.5 Å². The Labute approximate surface area is 158 Å². The number of carbonyl (C=O) groups excluding carboxylic acids is 1. The normalized spacial score (nSPS) is 12.0. The van der Waals surface area contributed by atoms with Crippen molar-refractivity contribution in [3.05, 3.63) is 71.4 Å². The Hall–Kier alpha value is -3.13. The first-order chi connectivity index (χ1) is 13.0. The third-order valence-corrected chi connectivity index (χ3v) is 4.77. The molecule has 0 spiro atoms. The molecule has 138 valence electrons. The molecule has 0 aliphatic heterocycles. The number of likely N-dealkylation sites (N-methyl/N-ethyl adjacent to an activating group) is 1. The van der Waals surface area contributed by atoms with Crippen LogP contribution in [0.4, 0.5) is 13.9 Å². The highest BCUT2D eigenvalue weighted by atomic mass is 32.1. The maximum atomic E-state index is 13.8. The molecule has 0 unspecified atom stereocenters. The Bertz CT molecular complexity index is 992. The first-order valence-electron chi connectivity index (χ1n) is 7.99. The van der Waals surface area contributed by atoms with Crippen molar-refractivity contribution >= 4 is 38.8 Å². The van der Waals surface area contributed by atoms with Crippen LogP contribution in [0.5, 0.6) is 0 Å². The van der Waals surface area contributed by atoms with Crippen molar-refractivity contribution in [3.8, 4) is 0 Å². The average Bonchev–Trinajstić information content (AvgIpc) is 3.08. The van der Waals surface area contributed by atoms with Crippen LogP contribution in [0.2, 0.25) is 0 Å². The number of hydrogen-bond donors (Lipinski definition) is 1. The lowest BCUT2D eigenvalue weighted by Crippen LogP contribution is -2.29. The van der Waals surface area contributed by atoms with Gasteiger partial charge in [0.1, 0.15) is 11.6 Å². The van der Waals surface area contributed by atoms with Crippen LogP contribution in [0.3, 0.4) is 0 Å². The standard InChI is InChI=1S/C19H16F2N4OS/c1-25(11-13-14(20)5-4-6-15(13)21)18(26)12(9-22)10-23-19-24-16-7-2-3-8-17(16)27-19/h2-10H,11,22H2,1H3. The Balaban J connectivity index is 1.75. The van der Waals surface area contributed by atoms with Gasteiger partial charge in [0.15, 0.2) is 0 Å². The van der Waals surface area contributed by atoms with Gasteiger partial charge in [-0.3, -0.25) is 4.79 Å². The topological polar surface area (TPSA) is 71.6 Å². The fraction of sp³-hybridized carbons (Fsp3) is 0.105. The molecule has 1 amide bonds. The molecule has 1 heterocycles. The SMILES string of the molecule is CN(Cc1c(F)cccc1F)C(=O)C(C=Nc1nc2ccccc2s1)=CN. The predicted molar refractivity (Wildman–Crippen MR) is 103 cm³/mol. The number of aliphatic imine (C=N–C) groups is 1. The zero-order chi connectivity index (χ0) is 19.4. The van der Waals surface area contributed by atoms with Gasteiger partial charge in [0.2, 0.25) is 5.13 Å². The van der Waals surface area contributed by atoms with E-state index >= 15 is 0 Å². The number of nitrogens with zero attached hydrogens (tertiary/aromatic N) is 3. The van der Waals surface area contributed by atoms with Gasteiger partial charge >= 0.3 is 0 Å². The van der Waals surface area contributed by atoms with Crippen LogP contribution in [0.25, 0.3) is 10.2 Å². The van der Waals surface area contributed by atoms with E-state index in [0.717, 1.165) is 28.5 Å². The van der Waals surface area contributed by atoms with E-state index in [9.17, 15) is 13.6 Å². The summed E-state index contributed by atoms with van der Waals surface area (Å²) < 4.78 is 28.5. The summed E-state index contributed by atoms with van der Waals surface area (Å²) in [6.45, 7) is -0.232. The molecule has 1 aromatic heterocycles. The smallest absolute Gasteiger partial charge is 0.256 e. The van der Waals surface area contributed by atoms with Crippen LogP contribution < -0.4 is 5.73 Å². The zero-order valence-electron chi connectivity index (χ0n) is 14.4. The molecule has 8 heteroatoms. The lowest BCUT2D eigenvalue weighted by Gasteiger charge is -2.18. The summed E-state index contributed by atoms with van der Waals surface area (Å²) in [5, 5.41) is 0.478. The minimum absolute atomic E-state index is 0.0912. The molecule has 0 aliphatic rings. The fourth-order valence-corrected chi connectivity index (χ4v) is 3.23. The van der Waals surface area contributed by atoms with Crippen LogP contribution in [0, 0.1) is 11.6 Å². The second-order valence-electron chi connectivity index (χ2n) is 5.71. The Morgan fingerprint density at radius 2 is 1.93 bits per heavy atom. The predicted octanol–water partition coefficient (Wildman–Crippen LogP) is 3.78. The van der Waals surface area contributed by atoms with Gasteiger partial charge in [0, 0.05) is 25.0 Å². The highest BCUT2D eigenvalue weighted by Gasteiger charge is 2.17. The monoisotopic (exact) mass is 386 g/mol. The largest absolute Gasteiger partial charge is 0.404 e. The van der Waals surface area contributed by atoms with Gasteiger partial charge in [-0.25, -0.2) is 18.8 Å². The van der Waals surface area contributed by atoms with Gasteiger partial charge in [-0.15, -0.1) is 0 Å². The molecule has 0 saturated heterocycles. The molecule has 0 fully saturated rings. The van der Waals surface area contributed by atoms with Crippen molar-refractivity contribution in [3.63, 3.8) is 0 Å². The van der Waals surface area contributed by atoms with E-state index < -0.39 is 17.5 Å². The van der Waals surface area contributed by atoms with Gasteiger partial charge in [-0.2, -0.15) is 0 Å². The van der Waals surface area contributed by atoms with E-state index in [1.807, 2.05) is 24.3 Å². The van der Waals surface area contributed by atoms with Crippen molar-refractivity contribution in [2.75, 3.05) is 7.05 Å². The number of benzene rings is 2. The minimum Gasteiger partial charge on any atom is -0.404 e. The number of para-hydroxylation sites is 1. The number of aromatic nitrogens is 1. The van der Waals surface area contributed by atoms with E-state index in [1.165, 1.54) is 35.6 Å². The summed E-state index contributed by atoms with van der Waals surface area (Å²) in [6, 6.07) is 11.1. The summed E-state index contributed by atoms with van der Waals surface area (Å²) in [6.07, 6.45) is 2.40. The van der Waals surface area contributed by atoms with Crippen LogP contribution in [0.1, 0.15) is 5.56 Å². The molecule has 3 rings (SSSR count). The zero-order valence-corrected chi connectivity index (χ0v) is 15.2. The van der Waals surface area contributed by atoms with Crippen LogP contribution >= 0.6 is 11.3 Å². The van der Waals surface area contributed by atoms with Crippen LogP contribution in [-0.4, -0.2) is 29.1 Å². The van der Waals surface area contributed by atoms with Crippen molar-refractivity contribution < 1.29 is 13.6 Å². The van der Waals surface area contributed by atoms with Gasteiger partial charge < -0.3 is 10.6 Å². The van der Waals surface area contributed by atoms with Crippen LogP contribution in [0.15, 0.2) is 59.2 Å². The highest BCUT2D eigenvalue weighted by Crippen LogP contribution is 2.27. The third kappa shape index (κ3) is 4.17. The number of amides is 1. The first-order valence-corrected chi connectivity index (χ1v) is 8.81. The lowest BCUT2D eigenvalue weighted by molar-refractivity contribution is -0.125. The molecule has 0 bridgehead atoms. The molecule has 0 radical (unpaired) electrons. The van der Waals surface area contributed by atoms with E-state index in [-0.39, 0.29) is 17.7 Å². The summed E-state index contributed by atoms with van der Waals surface area (Å²) in [4.78, 5) is 22.2. The lowest BCUT2D eigenvalue weighted by atomic mass is 10.1. The molecule has 0 saturated carbocycles. The van der Waals surface area contributed by atoms with Crippen molar-refractivity contribution in [1.82, 2.24) is 9.88 Å². The molecule has 27 heavy (non-hydrogen) atoms. The Morgan fingerprint density at radius 3 is 2.59 bits per heavy atom. The quantitative estimate of drug-likeness (QED) is 0.536. The third-order valence-electron chi connectivity index (χ3n) is 3.83. The Morgan fingerprint density at radius 1 is 1.22 bits per heavy atom. The number of carbonyl (C=O) groups is 1. The van der Waals surface area contributed by atoms with E-state index in [2.05, 4.69) is 9.98 Å². The number of thiazole rings is 1. The van der Waals surface area contributed by atoms with Gasteiger partial charge in [-0.05, 0) is 24.3 Å². The number of hydrogen-bond acceptors (Lipinski definition) is 5. The average molecular weight is 386 g/mol. The maximum Gasteiger partial charge on any atom is 0.256 e. The summed E-state index contributed by atoms with van der Waals surface area (Å²) in [7, 11) is 1.43. The van der Waals surface area contributed by atoms with Crippen molar-refractivity contribution in [2.24, 2.45) is 10.7 Å². The van der Waals surface area contributed by atoms with Crippen LogP contribution in [-0.2, 0) is 11.3 Å². The molecule has 2 aromatic carbocycles. The molecule has 0 atom stereocenters. The van der Waals surface area contributed by atoms with Crippen molar-refractivity contribution in [2.45, 2.75) is 6.54 Å². The molecular weight excluding hydrogens is 370 g/mol. The molecule has 0 aliphatic carbocycles.